The molecule has 0 unspecified atom stereocenters. The minimum Gasteiger partial charge on any atom is -0.356 e. The van der Waals surface area contributed by atoms with Gasteiger partial charge in [-0.3, -0.25) is 14.2 Å². The van der Waals surface area contributed by atoms with E-state index >= 15 is 0 Å². The van der Waals surface area contributed by atoms with Gasteiger partial charge in [-0.2, -0.15) is 36.5 Å². The fourth-order valence-electron chi connectivity index (χ4n) is 3.08. The Morgan fingerprint density at radius 1 is 1.03 bits per heavy atom. The van der Waals surface area contributed by atoms with Gasteiger partial charge in [0.05, 0.1) is 0 Å². The van der Waals surface area contributed by atoms with Gasteiger partial charge in [-0.15, -0.1) is 0 Å². The Balaban J connectivity index is 1.45. The fourth-order valence-corrected chi connectivity index (χ4v) is 3.08. The summed E-state index contributed by atoms with van der Waals surface area (Å²) in [7, 11) is 0. The second kappa shape index (κ2) is 8.31. The van der Waals surface area contributed by atoms with Crippen molar-refractivity contribution in [2.75, 3.05) is 6.54 Å². The van der Waals surface area contributed by atoms with Crippen molar-refractivity contribution in [1.82, 2.24) is 24.9 Å². The molecule has 3 rings (SSSR count). The van der Waals surface area contributed by atoms with Gasteiger partial charge in [0.25, 0.3) is 0 Å². The van der Waals surface area contributed by atoms with Crippen LogP contribution in [0.1, 0.15) is 54.4 Å². The number of nitrogens with one attached hydrogen (secondary N) is 1. The number of carbonyl (C=O) groups is 1. The molecule has 0 aliphatic heterocycles. The summed E-state index contributed by atoms with van der Waals surface area (Å²) in [5.74, 6) is -0.315. The van der Waals surface area contributed by atoms with Crippen LogP contribution in [-0.4, -0.2) is 32.0 Å². The Morgan fingerprint density at radius 2 is 1.63 bits per heavy atom. The highest BCUT2D eigenvalue weighted by Crippen LogP contribution is 2.42. The molecule has 2 heterocycles. The lowest BCUT2D eigenvalue weighted by atomic mass is 10.2. The van der Waals surface area contributed by atoms with Gasteiger partial charge in [0.1, 0.15) is 0 Å². The van der Waals surface area contributed by atoms with Crippen molar-refractivity contribution >= 4 is 5.91 Å². The monoisotopic (exact) mass is 437 g/mol. The number of aryl methyl sites for hydroxylation is 3. The van der Waals surface area contributed by atoms with Crippen LogP contribution in [0.3, 0.4) is 0 Å². The first-order valence-electron chi connectivity index (χ1n) is 9.48. The van der Waals surface area contributed by atoms with Crippen LogP contribution < -0.4 is 5.32 Å². The van der Waals surface area contributed by atoms with E-state index in [0.29, 0.717) is 17.8 Å². The third kappa shape index (κ3) is 5.54. The highest BCUT2D eigenvalue weighted by Gasteiger charge is 2.38. The molecular weight excluding hydrogens is 416 g/mol. The van der Waals surface area contributed by atoms with E-state index in [1.54, 1.807) is 0 Å². The van der Waals surface area contributed by atoms with Gasteiger partial charge in [0.2, 0.25) is 5.91 Å². The third-order valence-electron chi connectivity index (χ3n) is 4.79. The van der Waals surface area contributed by atoms with Crippen molar-refractivity contribution in [2.45, 2.75) is 64.0 Å². The van der Waals surface area contributed by atoms with Gasteiger partial charge in [-0.05, 0) is 38.3 Å². The van der Waals surface area contributed by atoms with E-state index in [4.69, 9.17) is 0 Å². The summed E-state index contributed by atoms with van der Waals surface area (Å²) in [6.45, 7) is 1.95. The summed E-state index contributed by atoms with van der Waals surface area (Å²) in [6.07, 6.45) is -7.12. The highest BCUT2D eigenvalue weighted by atomic mass is 19.4. The van der Waals surface area contributed by atoms with Gasteiger partial charge in [-0.1, -0.05) is 0 Å². The van der Waals surface area contributed by atoms with Gasteiger partial charge in [0, 0.05) is 43.4 Å². The summed E-state index contributed by atoms with van der Waals surface area (Å²) in [5.41, 5.74) is -1.07. The van der Waals surface area contributed by atoms with Crippen molar-refractivity contribution in [1.29, 1.82) is 0 Å². The number of hydrogen-bond acceptors (Lipinski definition) is 3. The molecule has 1 N–H and O–H groups in total. The molecule has 1 fully saturated rings. The van der Waals surface area contributed by atoms with E-state index in [2.05, 4.69) is 15.5 Å². The summed E-state index contributed by atoms with van der Waals surface area (Å²) in [5, 5.41) is 9.71. The average Bonchev–Trinajstić information content (AvgIpc) is 3.26. The lowest BCUT2D eigenvalue weighted by Crippen LogP contribution is -2.26. The minimum atomic E-state index is -4.53. The lowest BCUT2D eigenvalue weighted by molar-refractivity contribution is -0.142. The van der Waals surface area contributed by atoms with Crippen LogP contribution in [0.5, 0.6) is 0 Å². The van der Waals surface area contributed by atoms with Gasteiger partial charge in [0.15, 0.2) is 11.4 Å². The first-order valence-corrected chi connectivity index (χ1v) is 9.48. The number of aromatic nitrogens is 4. The topological polar surface area (TPSA) is 64.7 Å². The predicted molar refractivity (Wildman–Crippen MR) is 93.4 cm³/mol. The van der Waals surface area contributed by atoms with Crippen molar-refractivity contribution in [3.05, 3.63) is 34.9 Å². The SMILES string of the molecule is Cc1cc(C(F)(F)F)nn1CCCNC(=O)CCn1nc(C(F)(F)F)cc1C1CC1. The molecule has 1 saturated carbocycles. The maximum atomic E-state index is 12.9. The summed E-state index contributed by atoms with van der Waals surface area (Å²) >= 11 is 0. The first-order chi connectivity index (χ1) is 13.9. The Bertz CT molecular complexity index is 894. The average molecular weight is 437 g/mol. The van der Waals surface area contributed by atoms with Crippen LogP contribution in [0.4, 0.5) is 26.3 Å². The molecule has 1 aliphatic carbocycles. The largest absolute Gasteiger partial charge is 0.435 e. The number of amides is 1. The number of carbonyl (C=O) groups excluding carboxylic acids is 1. The van der Waals surface area contributed by atoms with E-state index in [-0.39, 0.29) is 37.9 Å². The van der Waals surface area contributed by atoms with E-state index in [0.717, 1.165) is 25.0 Å². The quantitative estimate of drug-likeness (QED) is 0.503. The summed E-state index contributed by atoms with van der Waals surface area (Å²) in [4.78, 5) is 12.0. The molecular formula is C18H21F6N5O. The van der Waals surface area contributed by atoms with Crippen LogP contribution >= 0.6 is 0 Å². The second-order valence-electron chi connectivity index (χ2n) is 7.29. The maximum absolute atomic E-state index is 12.9. The van der Waals surface area contributed by atoms with Crippen LogP contribution in [-0.2, 0) is 30.2 Å². The predicted octanol–water partition coefficient (Wildman–Crippen LogP) is 3.90. The van der Waals surface area contributed by atoms with Gasteiger partial charge < -0.3 is 5.32 Å². The van der Waals surface area contributed by atoms with Crippen molar-refractivity contribution in [3.63, 3.8) is 0 Å². The number of halogens is 6. The van der Waals surface area contributed by atoms with Crippen LogP contribution in [0.25, 0.3) is 0 Å². The zero-order valence-electron chi connectivity index (χ0n) is 16.1. The lowest BCUT2D eigenvalue weighted by Gasteiger charge is -2.09. The number of nitrogens with zero attached hydrogens (tertiary/aromatic N) is 4. The zero-order valence-corrected chi connectivity index (χ0v) is 16.1. The number of hydrogen-bond donors (Lipinski definition) is 1. The molecule has 30 heavy (non-hydrogen) atoms. The van der Waals surface area contributed by atoms with Gasteiger partial charge >= 0.3 is 12.4 Å². The van der Waals surface area contributed by atoms with Gasteiger partial charge in [-0.25, -0.2) is 0 Å². The molecule has 0 aromatic carbocycles. The minimum absolute atomic E-state index is 0.0287. The van der Waals surface area contributed by atoms with E-state index in [1.807, 2.05) is 0 Å². The molecule has 0 atom stereocenters. The molecule has 166 valence electrons. The zero-order chi connectivity index (χ0) is 22.1. The fraction of sp³-hybridized carbons (Fsp3) is 0.611. The standard InChI is InChI=1S/C18H21F6N5O/c1-11-9-14(17(19,20)21)26-28(11)7-2-6-25-16(30)5-8-29-13(12-3-4-12)10-15(27-29)18(22,23)24/h9-10,12H,2-8H2,1H3,(H,25,30). The summed E-state index contributed by atoms with van der Waals surface area (Å²) in [6, 6.07) is 1.99. The normalized spacial score (nSPS) is 14.9. The molecule has 0 bridgehead atoms. The Labute approximate surface area is 168 Å². The smallest absolute Gasteiger partial charge is 0.356 e. The number of rotatable bonds is 8. The Morgan fingerprint density at radius 3 is 2.20 bits per heavy atom. The van der Waals surface area contributed by atoms with Crippen LogP contribution in [0.2, 0.25) is 0 Å². The molecule has 6 nitrogen and oxygen atoms in total. The third-order valence-corrected chi connectivity index (χ3v) is 4.79. The Kier molecular flexibility index (Phi) is 6.14. The van der Waals surface area contributed by atoms with Crippen molar-refractivity contribution in [2.24, 2.45) is 0 Å². The molecule has 0 spiro atoms. The van der Waals surface area contributed by atoms with E-state index < -0.39 is 23.7 Å². The Hall–Kier alpha value is -2.53. The molecule has 0 saturated heterocycles. The molecule has 1 amide bonds. The van der Waals surface area contributed by atoms with E-state index in [9.17, 15) is 31.1 Å². The maximum Gasteiger partial charge on any atom is 0.435 e. The van der Waals surface area contributed by atoms with Crippen molar-refractivity contribution in [3.8, 4) is 0 Å². The first kappa shape index (κ1) is 22.2. The molecule has 12 heteroatoms. The molecule has 1 aliphatic rings. The molecule has 2 aromatic rings. The highest BCUT2D eigenvalue weighted by molar-refractivity contribution is 5.75. The molecule has 0 radical (unpaired) electrons. The number of alkyl halides is 6. The second-order valence-corrected chi connectivity index (χ2v) is 7.29. The summed E-state index contributed by atoms with van der Waals surface area (Å²) < 4.78 is 79.0. The van der Waals surface area contributed by atoms with Crippen molar-refractivity contribution < 1.29 is 31.1 Å². The van der Waals surface area contributed by atoms with Crippen LogP contribution in [0.15, 0.2) is 12.1 Å². The molecule has 2 aromatic heterocycles. The van der Waals surface area contributed by atoms with Crippen LogP contribution in [0, 0.1) is 6.92 Å². The van der Waals surface area contributed by atoms with E-state index in [1.165, 1.54) is 16.3 Å².